The number of fused-ring (bicyclic) bond motifs is 1. The van der Waals surface area contributed by atoms with Crippen LogP contribution in [0.15, 0.2) is 36.7 Å². The third-order valence-corrected chi connectivity index (χ3v) is 6.66. The maximum Gasteiger partial charge on any atom is 0.255 e. The molecule has 5 rings (SSSR count). The first-order chi connectivity index (χ1) is 15.2. The Morgan fingerprint density at radius 3 is 2.65 bits per heavy atom. The molecular formula is C24H28N4O3. The van der Waals surface area contributed by atoms with Gasteiger partial charge in [-0.1, -0.05) is 12.8 Å². The van der Waals surface area contributed by atoms with Gasteiger partial charge in [0.2, 0.25) is 0 Å². The number of benzene rings is 1. The number of ether oxygens (including phenoxy) is 2. The van der Waals surface area contributed by atoms with Crippen molar-refractivity contribution in [2.24, 2.45) is 0 Å². The van der Waals surface area contributed by atoms with Gasteiger partial charge >= 0.3 is 0 Å². The number of carbonyl (C=O) groups excluding carboxylic acids is 1. The fourth-order valence-corrected chi connectivity index (χ4v) is 5.07. The fourth-order valence-electron chi connectivity index (χ4n) is 5.07. The number of nitrogens with zero attached hydrogens (tertiary/aromatic N) is 4. The molecular weight excluding hydrogens is 392 g/mol. The summed E-state index contributed by atoms with van der Waals surface area (Å²) >= 11 is 0. The second kappa shape index (κ2) is 8.21. The largest absolute Gasteiger partial charge is 0.497 e. The summed E-state index contributed by atoms with van der Waals surface area (Å²) in [6, 6.07) is 8.07. The lowest BCUT2D eigenvalue weighted by Gasteiger charge is -2.26. The van der Waals surface area contributed by atoms with Crippen molar-refractivity contribution in [3.05, 3.63) is 47.8 Å². The molecule has 7 heteroatoms. The van der Waals surface area contributed by atoms with E-state index in [-0.39, 0.29) is 11.9 Å². The Morgan fingerprint density at radius 1 is 1.03 bits per heavy atom. The van der Waals surface area contributed by atoms with Gasteiger partial charge in [-0.15, -0.1) is 0 Å². The first kappa shape index (κ1) is 19.8. The van der Waals surface area contributed by atoms with Crippen LogP contribution in [-0.2, 0) is 0 Å². The first-order valence-electron chi connectivity index (χ1n) is 11.1. The summed E-state index contributed by atoms with van der Waals surface area (Å²) in [5.41, 5.74) is 2.46. The van der Waals surface area contributed by atoms with E-state index in [4.69, 9.17) is 9.47 Å². The van der Waals surface area contributed by atoms with E-state index >= 15 is 0 Å². The van der Waals surface area contributed by atoms with Crippen LogP contribution in [0.5, 0.6) is 11.5 Å². The molecule has 1 saturated heterocycles. The highest BCUT2D eigenvalue weighted by Crippen LogP contribution is 2.40. The Bertz CT molecular complexity index is 1100. The number of pyridine rings is 1. The van der Waals surface area contributed by atoms with Crippen LogP contribution >= 0.6 is 0 Å². The van der Waals surface area contributed by atoms with Gasteiger partial charge in [-0.3, -0.25) is 4.79 Å². The normalized spacial score (nSPS) is 19.3. The summed E-state index contributed by atoms with van der Waals surface area (Å²) < 4.78 is 13.0. The van der Waals surface area contributed by atoms with Gasteiger partial charge in [-0.25, -0.2) is 9.67 Å². The van der Waals surface area contributed by atoms with Crippen molar-refractivity contribution in [2.45, 2.75) is 50.6 Å². The van der Waals surface area contributed by atoms with E-state index in [0.29, 0.717) is 18.2 Å². The Morgan fingerprint density at radius 2 is 1.87 bits per heavy atom. The zero-order valence-corrected chi connectivity index (χ0v) is 18.1. The van der Waals surface area contributed by atoms with Crippen molar-refractivity contribution in [1.29, 1.82) is 0 Å². The number of rotatable bonds is 5. The quantitative estimate of drug-likeness (QED) is 0.606. The highest BCUT2D eigenvalue weighted by Gasteiger charge is 2.33. The van der Waals surface area contributed by atoms with Crippen LogP contribution < -0.4 is 9.47 Å². The number of amides is 1. The molecule has 0 N–H and O–H groups in total. The predicted molar refractivity (Wildman–Crippen MR) is 118 cm³/mol. The zero-order chi connectivity index (χ0) is 21.4. The Kier molecular flexibility index (Phi) is 5.26. The monoisotopic (exact) mass is 420 g/mol. The van der Waals surface area contributed by atoms with E-state index in [0.717, 1.165) is 53.8 Å². The van der Waals surface area contributed by atoms with Gasteiger partial charge in [-0.05, 0) is 49.9 Å². The van der Waals surface area contributed by atoms with E-state index in [1.807, 2.05) is 40.0 Å². The van der Waals surface area contributed by atoms with Gasteiger partial charge in [0, 0.05) is 23.7 Å². The summed E-state index contributed by atoms with van der Waals surface area (Å²) in [7, 11) is 3.31. The molecule has 1 aliphatic heterocycles. The average molecular weight is 421 g/mol. The topological polar surface area (TPSA) is 69.5 Å². The van der Waals surface area contributed by atoms with Gasteiger partial charge in [0.25, 0.3) is 5.91 Å². The molecule has 3 aromatic rings. The lowest BCUT2D eigenvalue weighted by Crippen LogP contribution is -2.30. The molecule has 7 nitrogen and oxygen atoms in total. The first-order valence-corrected chi connectivity index (χ1v) is 11.1. The van der Waals surface area contributed by atoms with E-state index in [1.165, 1.54) is 12.8 Å². The second-order valence-electron chi connectivity index (χ2n) is 8.43. The summed E-state index contributed by atoms with van der Waals surface area (Å²) in [6.45, 7) is 0.712. The molecule has 1 amide bonds. The number of carbonyl (C=O) groups is 1. The molecule has 2 aliphatic rings. The fraction of sp³-hybridized carbons (Fsp3) is 0.458. The molecule has 31 heavy (non-hydrogen) atoms. The summed E-state index contributed by atoms with van der Waals surface area (Å²) in [5.74, 6) is 1.53. The molecule has 0 bridgehead atoms. The minimum absolute atomic E-state index is 0.00427. The van der Waals surface area contributed by atoms with Crippen molar-refractivity contribution < 1.29 is 14.3 Å². The van der Waals surface area contributed by atoms with E-state index < -0.39 is 0 Å². The molecule has 0 unspecified atom stereocenters. The van der Waals surface area contributed by atoms with Gasteiger partial charge in [-0.2, -0.15) is 5.10 Å². The molecule has 2 fully saturated rings. The van der Waals surface area contributed by atoms with Gasteiger partial charge in [0.05, 0.1) is 38.1 Å². The lowest BCUT2D eigenvalue weighted by atomic mass is 10.0. The number of hydrogen-bond acceptors (Lipinski definition) is 5. The average Bonchev–Trinajstić information content (AvgIpc) is 3.57. The second-order valence-corrected chi connectivity index (χ2v) is 8.43. The molecule has 0 radical (unpaired) electrons. The Balaban J connectivity index is 1.45. The summed E-state index contributed by atoms with van der Waals surface area (Å²) in [4.78, 5) is 20.1. The summed E-state index contributed by atoms with van der Waals surface area (Å²) in [6.07, 6.45) is 10.2. The maximum absolute atomic E-state index is 13.5. The summed E-state index contributed by atoms with van der Waals surface area (Å²) in [5, 5.41) is 5.50. The molecule has 0 spiro atoms. The molecule has 1 atom stereocenters. The van der Waals surface area contributed by atoms with Crippen molar-refractivity contribution >= 4 is 16.9 Å². The molecule has 3 heterocycles. The third-order valence-electron chi connectivity index (χ3n) is 6.66. The van der Waals surface area contributed by atoms with Crippen molar-refractivity contribution in [3.63, 3.8) is 0 Å². The van der Waals surface area contributed by atoms with Crippen molar-refractivity contribution in [1.82, 2.24) is 19.7 Å². The maximum atomic E-state index is 13.5. The zero-order valence-electron chi connectivity index (χ0n) is 18.1. The number of likely N-dealkylation sites (tertiary alicyclic amines) is 1. The molecule has 162 valence electrons. The van der Waals surface area contributed by atoms with Crippen LogP contribution in [0.3, 0.4) is 0 Å². The lowest BCUT2D eigenvalue weighted by molar-refractivity contribution is 0.0733. The minimum atomic E-state index is -0.0468. The third kappa shape index (κ3) is 3.52. The number of methoxy groups -OCH3 is 2. The van der Waals surface area contributed by atoms with Crippen molar-refractivity contribution in [2.75, 3.05) is 20.8 Å². The van der Waals surface area contributed by atoms with E-state index in [9.17, 15) is 4.79 Å². The smallest absolute Gasteiger partial charge is 0.255 e. The van der Waals surface area contributed by atoms with Crippen LogP contribution in [-0.4, -0.2) is 46.3 Å². The van der Waals surface area contributed by atoms with E-state index in [1.54, 1.807) is 20.4 Å². The molecule has 1 saturated carbocycles. The van der Waals surface area contributed by atoms with Crippen LogP contribution in [0.1, 0.15) is 66.5 Å². The molecule has 2 aromatic heterocycles. The standard InChI is InChI=1S/C24H28N4O3/c1-30-19-9-10-22(31-2)20(13-19)21-8-5-11-27(21)24(29)17-12-16-15-26-28(23(16)25-14-17)18-6-3-4-7-18/h9-10,12-15,18,21H,3-8,11H2,1-2H3/t21-/m0/s1. The number of hydrogen-bond donors (Lipinski definition) is 0. The molecule has 1 aliphatic carbocycles. The Labute approximate surface area is 182 Å². The molecule has 1 aromatic carbocycles. The predicted octanol–water partition coefficient (Wildman–Crippen LogP) is 4.54. The van der Waals surface area contributed by atoms with Crippen LogP contribution in [0, 0.1) is 0 Å². The van der Waals surface area contributed by atoms with Crippen LogP contribution in [0.25, 0.3) is 11.0 Å². The van der Waals surface area contributed by atoms with E-state index in [2.05, 4.69) is 10.1 Å². The highest BCUT2D eigenvalue weighted by atomic mass is 16.5. The minimum Gasteiger partial charge on any atom is -0.497 e. The Hall–Kier alpha value is -3.09. The van der Waals surface area contributed by atoms with Gasteiger partial charge in [0.15, 0.2) is 5.65 Å². The number of aromatic nitrogens is 3. The van der Waals surface area contributed by atoms with Gasteiger partial charge in [0.1, 0.15) is 11.5 Å². The van der Waals surface area contributed by atoms with Crippen LogP contribution in [0.2, 0.25) is 0 Å². The van der Waals surface area contributed by atoms with Gasteiger partial charge < -0.3 is 14.4 Å². The van der Waals surface area contributed by atoms with Crippen LogP contribution in [0.4, 0.5) is 0 Å². The highest BCUT2D eigenvalue weighted by molar-refractivity contribution is 5.97. The SMILES string of the molecule is COc1ccc(OC)c([C@@H]2CCCN2C(=O)c2cnc3c(cnn3C3CCCC3)c2)c1. The van der Waals surface area contributed by atoms with Crippen molar-refractivity contribution in [3.8, 4) is 11.5 Å².